The smallest absolute Gasteiger partial charge is 0.255 e. The second-order valence-corrected chi connectivity index (χ2v) is 9.88. The molecule has 0 radical (unpaired) electrons. The molecule has 2 fully saturated rings. The number of sulfonamides is 1. The summed E-state index contributed by atoms with van der Waals surface area (Å²) in [5, 5.41) is 3.07. The van der Waals surface area contributed by atoms with Gasteiger partial charge >= 0.3 is 0 Å². The van der Waals surface area contributed by atoms with E-state index in [0.717, 1.165) is 51.0 Å². The fraction of sp³-hybridized carbons (Fsp3) is 0.524. The Bertz CT molecular complexity index is 973. The second kappa shape index (κ2) is 8.77. The lowest BCUT2D eigenvalue weighted by atomic mass is 10.0. The lowest BCUT2D eigenvalue weighted by Gasteiger charge is -2.33. The van der Waals surface area contributed by atoms with Gasteiger partial charge in [0, 0.05) is 38.4 Å². The van der Waals surface area contributed by atoms with Gasteiger partial charge < -0.3 is 14.6 Å². The quantitative estimate of drug-likeness (QED) is 0.780. The van der Waals surface area contributed by atoms with Crippen molar-refractivity contribution in [3.8, 4) is 0 Å². The number of piperidine rings is 2. The Hall–Kier alpha value is -2.39. The molecule has 2 saturated heterocycles. The number of nitrogens with zero attached hydrogens (tertiary/aromatic N) is 3. The molecule has 4 rings (SSSR count). The van der Waals surface area contributed by atoms with E-state index in [2.05, 4.69) is 15.2 Å². The summed E-state index contributed by atoms with van der Waals surface area (Å²) in [7, 11) is -3.46. The molecule has 0 saturated carbocycles. The SMILES string of the molecule is Cc1occc1C(=O)NC1CCN(c2ccc(S(=O)(=O)N3CCCCC3)cn2)CC1. The van der Waals surface area contributed by atoms with Gasteiger partial charge in [-0.25, -0.2) is 13.4 Å². The number of hydrogen-bond acceptors (Lipinski definition) is 6. The van der Waals surface area contributed by atoms with Gasteiger partial charge in [0.05, 0.1) is 11.8 Å². The monoisotopic (exact) mass is 432 g/mol. The molecule has 162 valence electrons. The fourth-order valence-electron chi connectivity index (χ4n) is 4.10. The van der Waals surface area contributed by atoms with E-state index in [0.29, 0.717) is 24.4 Å². The van der Waals surface area contributed by atoms with E-state index in [4.69, 9.17) is 4.42 Å². The maximum atomic E-state index is 12.8. The van der Waals surface area contributed by atoms with Gasteiger partial charge in [-0.3, -0.25) is 4.79 Å². The highest BCUT2D eigenvalue weighted by atomic mass is 32.2. The minimum atomic E-state index is -3.46. The van der Waals surface area contributed by atoms with Gasteiger partial charge in [-0.2, -0.15) is 4.31 Å². The van der Waals surface area contributed by atoms with Gasteiger partial charge in [-0.15, -0.1) is 0 Å². The fourth-order valence-corrected chi connectivity index (χ4v) is 5.57. The van der Waals surface area contributed by atoms with E-state index in [1.165, 1.54) is 12.5 Å². The van der Waals surface area contributed by atoms with Crippen molar-refractivity contribution in [2.24, 2.45) is 0 Å². The van der Waals surface area contributed by atoms with Crippen molar-refractivity contribution < 1.29 is 17.6 Å². The number of hydrogen-bond donors (Lipinski definition) is 1. The molecule has 1 N–H and O–H groups in total. The standard InChI is InChI=1S/C21H28N4O4S/c1-16-19(9-14-29-16)21(26)23-17-7-12-24(13-8-17)20-6-5-18(15-22-20)30(27,28)25-10-3-2-4-11-25/h5-6,9,14-15,17H,2-4,7-8,10-13H2,1H3,(H,23,26). The van der Waals surface area contributed by atoms with Crippen LogP contribution in [0.1, 0.15) is 48.2 Å². The van der Waals surface area contributed by atoms with Crippen molar-refractivity contribution in [1.82, 2.24) is 14.6 Å². The molecule has 0 aliphatic carbocycles. The third-order valence-corrected chi connectivity index (χ3v) is 7.81. The highest BCUT2D eigenvalue weighted by molar-refractivity contribution is 7.89. The van der Waals surface area contributed by atoms with Crippen molar-refractivity contribution in [3.05, 3.63) is 42.0 Å². The summed E-state index contributed by atoms with van der Waals surface area (Å²) in [6.45, 7) is 4.45. The van der Waals surface area contributed by atoms with E-state index in [9.17, 15) is 13.2 Å². The number of carbonyl (C=O) groups is 1. The van der Waals surface area contributed by atoms with Crippen LogP contribution < -0.4 is 10.2 Å². The first kappa shape index (κ1) is 20.9. The Morgan fingerprint density at radius 3 is 2.43 bits per heavy atom. The van der Waals surface area contributed by atoms with Crippen LogP contribution in [0, 0.1) is 6.92 Å². The van der Waals surface area contributed by atoms with Crippen molar-refractivity contribution in [3.63, 3.8) is 0 Å². The third-order valence-electron chi connectivity index (χ3n) is 5.93. The molecule has 1 amide bonds. The van der Waals surface area contributed by atoms with Crippen LogP contribution in [0.5, 0.6) is 0 Å². The Labute approximate surface area is 177 Å². The number of nitrogens with one attached hydrogen (secondary N) is 1. The van der Waals surface area contributed by atoms with E-state index >= 15 is 0 Å². The van der Waals surface area contributed by atoms with Crippen molar-refractivity contribution >= 4 is 21.7 Å². The molecule has 2 aliphatic heterocycles. The summed E-state index contributed by atoms with van der Waals surface area (Å²) in [6.07, 6.45) is 7.51. The molecular weight excluding hydrogens is 404 g/mol. The van der Waals surface area contributed by atoms with Crippen LogP contribution in [0.4, 0.5) is 5.82 Å². The minimum absolute atomic E-state index is 0.0989. The van der Waals surface area contributed by atoms with Crippen LogP contribution in [0.3, 0.4) is 0 Å². The summed E-state index contributed by atoms with van der Waals surface area (Å²) < 4.78 is 32.3. The first-order valence-electron chi connectivity index (χ1n) is 10.5. The number of anilines is 1. The average molecular weight is 433 g/mol. The molecule has 0 spiro atoms. The molecule has 0 unspecified atom stereocenters. The lowest BCUT2D eigenvalue weighted by molar-refractivity contribution is 0.0929. The predicted octanol–water partition coefficient (Wildman–Crippen LogP) is 2.56. The van der Waals surface area contributed by atoms with Crippen molar-refractivity contribution in [2.45, 2.75) is 50.0 Å². The topological polar surface area (TPSA) is 95.8 Å². The Morgan fingerprint density at radius 2 is 1.83 bits per heavy atom. The predicted molar refractivity (Wildman–Crippen MR) is 113 cm³/mol. The Balaban J connectivity index is 1.34. The normalized spacial score (nSPS) is 19.0. The first-order chi connectivity index (χ1) is 14.4. The van der Waals surface area contributed by atoms with Crippen LogP contribution >= 0.6 is 0 Å². The van der Waals surface area contributed by atoms with Gasteiger partial charge in [0.25, 0.3) is 5.91 Å². The summed E-state index contributed by atoms with van der Waals surface area (Å²) in [5.41, 5.74) is 0.574. The zero-order valence-electron chi connectivity index (χ0n) is 17.2. The number of rotatable bonds is 5. The largest absolute Gasteiger partial charge is 0.469 e. The molecule has 0 aromatic carbocycles. The number of aryl methyl sites for hydroxylation is 1. The molecule has 2 aliphatic rings. The summed E-state index contributed by atoms with van der Waals surface area (Å²) >= 11 is 0. The number of furan rings is 1. The average Bonchev–Trinajstić information content (AvgIpc) is 3.21. The molecule has 8 nitrogen and oxygen atoms in total. The Kier molecular flexibility index (Phi) is 6.10. The first-order valence-corrected chi connectivity index (χ1v) is 12.0. The molecule has 0 atom stereocenters. The number of pyridine rings is 1. The van der Waals surface area contributed by atoms with Gasteiger partial charge in [-0.05, 0) is 50.8 Å². The minimum Gasteiger partial charge on any atom is -0.469 e. The highest BCUT2D eigenvalue weighted by Crippen LogP contribution is 2.23. The second-order valence-electron chi connectivity index (χ2n) is 7.94. The van der Waals surface area contributed by atoms with Crippen LogP contribution in [-0.2, 0) is 10.0 Å². The van der Waals surface area contributed by atoms with Gasteiger partial charge in [0.15, 0.2) is 0 Å². The zero-order chi connectivity index (χ0) is 21.1. The van der Waals surface area contributed by atoms with Gasteiger partial charge in [-0.1, -0.05) is 6.42 Å². The van der Waals surface area contributed by atoms with E-state index in [1.54, 1.807) is 29.4 Å². The van der Waals surface area contributed by atoms with E-state index in [1.807, 2.05) is 0 Å². The lowest BCUT2D eigenvalue weighted by Crippen LogP contribution is -2.45. The molecule has 0 bridgehead atoms. The molecule has 2 aromatic rings. The van der Waals surface area contributed by atoms with Crippen LogP contribution in [0.15, 0.2) is 40.0 Å². The third kappa shape index (κ3) is 4.37. The Morgan fingerprint density at radius 1 is 1.10 bits per heavy atom. The number of amides is 1. The van der Waals surface area contributed by atoms with E-state index < -0.39 is 10.0 Å². The summed E-state index contributed by atoms with van der Waals surface area (Å²) in [4.78, 5) is 19.2. The maximum Gasteiger partial charge on any atom is 0.255 e. The van der Waals surface area contributed by atoms with Crippen LogP contribution in [0.2, 0.25) is 0 Å². The number of aromatic nitrogens is 1. The molecule has 9 heteroatoms. The number of carbonyl (C=O) groups excluding carboxylic acids is 1. The summed E-state index contributed by atoms with van der Waals surface area (Å²) in [6, 6.07) is 5.22. The maximum absolute atomic E-state index is 12.8. The summed E-state index contributed by atoms with van der Waals surface area (Å²) in [5.74, 6) is 1.28. The van der Waals surface area contributed by atoms with Gasteiger partial charge in [0.1, 0.15) is 16.5 Å². The molecule has 4 heterocycles. The highest BCUT2D eigenvalue weighted by Gasteiger charge is 2.27. The zero-order valence-corrected chi connectivity index (χ0v) is 18.0. The molecule has 30 heavy (non-hydrogen) atoms. The van der Waals surface area contributed by atoms with Crippen molar-refractivity contribution in [1.29, 1.82) is 0 Å². The molecular formula is C21H28N4O4S. The van der Waals surface area contributed by atoms with Crippen LogP contribution in [-0.4, -0.2) is 55.8 Å². The van der Waals surface area contributed by atoms with Crippen molar-refractivity contribution in [2.75, 3.05) is 31.1 Å². The van der Waals surface area contributed by atoms with Crippen LogP contribution in [0.25, 0.3) is 0 Å². The van der Waals surface area contributed by atoms with E-state index in [-0.39, 0.29) is 16.8 Å². The van der Waals surface area contributed by atoms with Gasteiger partial charge in [0.2, 0.25) is 10.0 Å². The molecule has 2 aromatic heterocycles.